The highest BCUT2D eigenvalue weighted by Crippen LogP contribution is 2.26. The van der Waals surface area contributed by atoms with E-state index in [0.717, 1.165) is 33.4 Å². The Bertz CT molecular complexity index is 1390. The summed E-state index contributed by atoms with van der Waals surface area (Å²) in [4.78, 5) is 34.6. The molecule has 1 atom stereocenters. The van der Waals surface area contributed by atoms with E-state index < -0.39 is 6.04 Å². The van der Waals surface area contributed by atoms with Crippen molar-refractivity contribution < 1.29 is 9.59 Å². The molecule has 1 N–H and O–H groups in total. The van der Waals surface area contributed by atoms with Crippen LogP contribution in [0.1, 0.15) is 56.1 Å². The molecule has 4 aromatic rings. The van der Waals surface area contributed by atoms with Gasteiger partial charge in [-0.2, -0.15) is 0 Å². The summed E-state index contributed by atoms with van der Waals surface area (Å²) in [5.74, 6) is 0.377. The van der Waals surface area contributed by atoms with Gasteiger partial charge < -0.3 is 10.1 Å². The van der Waals surface area contributed by atoms with Crippen LogP contribution >= 0.6 is 11.8 Å². The Kier molecular flexibility index (Phi) is 8.97. The standard InChI is InChI=1S/C33H35N3O2S/c1-22(2)39-30-16-12-26(13-17-30)32(38)36-29(21-37)18-23-6-8-25(9-7-23)31-34-19-27(20-35-31)24-10-14-28(15-11-24)33(3,4)5/h6-17,19-22,29H,18H2,1-5H3,(H,36,38). The van der Waals surface area contributed by atoms with E-state index in [2.05, 4.69) is 74.2 Å². The lowest BCUT2D eigenvalue weighted by Crippen LogP contribution is -2.37. The highest BCUT2D eigenvalue weighted by atomic mass is 32.2. The lowest BCUT2D eigenvalue weighted by Gasteiger charge is -2.19. The van der Waals surface area contributed by atoms with Crippen LogP contribution in [0.5, 0.6) is 0 Å². The zero-order chi connectivity index (χ0) is 28.0. The predicted octanol–water partition coefficient (Wildman–Crippen LogP) is 7.15. The number of hydrogen-bond donors (Lipinski definition) is 1. The quantitative estimate of drug-likeness (QED) is 0.181. The molecule has 6 heteroatoms. The van der Waals surface area contributed by atoms with Crippen LogP contribution in [0, 0.1) is 0 Å². The number of amides is 1. The second-order valence-electron chi connectivity index (χ2n) is 10.9. The average Bonchev–Trinajstić information content (AvgIpc) is 2.93. The number of nitrogens with zero attached hydrogens (tertiary/aromatic N) is 2. The third kappa shape index (κ3) is 7.64. The van der Waals surface area contributed by atoms with Gasteiger partial charge in [0.15, 0.2) is 5.82 Å². The predicted molar refractivity (Wildman–Crippen MR) is 160 cm³/mol. The minimum atomic E-state index is -0.617. The second kappa shape index (κ2) is 12.4. The smallest absolute Gasteiger partial charge is 0.251 e. The Balaban J connectivity index is 1.37. The zero-order valence-electron chi connectivity index (χ0n) is 23.1. The van der Waals surface area contributed by atoms with E-state index in [9.17, 15) is 9.59 Å². The molecule has 5 nitrogen and oxygen atoms in total. The molecule has 0 saturated carbocycles. The number of benzene rings is 3. The summed E-state index contributed by atoms with van der Waals surface area (Å²) in [6.07, 6.45) is 4.87. The van der Waals surface area contributed by atoms with Gasteiger partial charge in [0.1, 0.15) is 6.29 Å². The summed E-state index contributed by atoms with van der Waals surface area (Å²) in [6, 6.07) is 23.1. The zero-order valence-corrected chi connectivity index (χ0v) is 24.0. The third-order valence-electron chi connectivity index (χ3n) is 6.37. The largest absolute Gasteiger partial charge is 0.342 e. The molecule has 1 heterocycles. The van der Waals surface area contributed by atoms with Crippen molar-refractivity contribution >= 4 is 24.0 Å². The van der Waals surface area contributed by atoms with Gasteiger partial charge >= 0.3 is 0 Å². The highest BCUT2D eigenvalue weighted by molar-refractivity contribution is 7.99. The molecule has 3 aromatic carbocycles. The molecule has 39 heavy (non-hydrogen) atoms. The van der Waals surface area contributed by atoms with Crippen molar-refractivity contribution in [3.05, 3.63) is 102 Å². The second-order valence-corrected chi connectivity index (χ2v) is 12.6. The molecule has 0 saturated heterocycles. The molecule has 0 fully saturated rings. The van der Waals surface area contributed by atoms with Gasteiger partial charge in [-0.3, -0.25) is 4.79 Å². The van der Waals surface area contributed by atoms with E-state index >= 15 is 0 Å². The number of nitrogens with one attached hydrogen (secondary N) is 1. The van der Waals surface area contributed by atoms with Crippen molar-refractivity contribution in [2.75, 3.05) is 0 Å². The number of hydrogen-bond acceptors (Lipinski definition) is 5. The monoisotopic (exact) mass is 537 g/mol. The molecular formula is C33H35N3O2S. The van der Waals surface area contributed by atoms with Crippen molar-refractivity contribution in [1.82, 2.24) is 15.3 Å². The molecule has 0 radical (unpaired) electrons. The number of aldehydes is 1. The first-order valence-electron chi connectivity index (χ1n) is 13.2. The van der Waals surface area contributed by atoms with E-state index in [1.54, 1.807) is 23.9 Å². The normalized spacial score (nSPS) is 12.3. The number of carbonyl (C=O) groups is 2. The van der Waals surface area contributed by atoms with Crippen LogP contribution in [0.3, 0.4) is 0 Å². The van der Waals surface area contributed by atoms with Crippen LogP contribution in [0.2, 0.25) is 0 Å². The van der Waals surface area contributed by atoms with E-state index in [1.807, 2.05) is 48.8 Å². The van der Waals surface area contributed by atoms with Crippen molar-refractivity contribution in [2.24, 2.45) is 0 Å². The molecule has 0 aliphatic carbocycles. The molecular weight excluding hydrogens is 502 g/mol. The maximum Gasteiger partial charge on any atom is 0.251 e. The number of carbonyl (C=O) groups excluding carboxylic acids is 2. The number of thioether (sulfide) groups is 1. The SMILES string of the molecule is CC(C)Sc1ccc(C(=O)NC(C=O)Cc2ccc(-c3ncc(-c4ccc(C(C)(C)C)cc4)cn3)cc2)cc1. The van der Waals surface area contributed by atoms with Gasteiger partial charge in [0.25, 0.3) is 5.91 Å². The fourth-order valence-corrected chi connectivity index (χ4v) is 5.01. The Morgan fingerprint density at radius 2 is 1.44 bits per heavy atom. The highest BCUT2D eigenvalue weighted by Gasteiger charge is 2.15. The van der Waals surface area contributed by atoms with Crippen LogP contribution < -0.4 is 5.32 Å². The third-order valence-corrected chi connectivity index (χ3v) is 7.39. The molecule has 0 spiro atoms. The van der Waals surface area contributed by atoms with Crippen molar-refractivity contribution in [3.8, 4) is 22.5 Å². The Morgan fingerprint density at radius 1 is 0.846 bits per heavy atom. The van der Waals surface area contributed by atoms with Crippen LogP contribution in [0.4, 0.5) is 0 Å². The number of rotatable bonds is 9. The molecule has 0 bridgehead atoms. The lowest BCUT2D eigenvalue weighted by molar-refractivity contribution is -0.109. The first-order chi connectivity index (χ1) is 18.6. The molecule has 1 amide bonds. The Morgan fingerprint density at radius 3 is 1.97 bits per heavy atom. The van der Waals surface area contributed by atoms with Gasteiger partial charge in [0.2, 0.25) is 0 Å². The summed E-state index contributed by atoms with van der Waals surface area (Å²) in [7, 11) is 0. The van der Waals surface area contributed by atoms with E-state index in [-0.39, 0.29) is 11.3 Å². The van der Waals surface area contributed by atoms with Gasteiger partial charge in [0, 0.05) is 39.2 Å². The maximum atomic E-state index is 12.7. The van der Waals surface area contributed by atoms with E-state index in [4.69, 9.17) is 0 Å². The first kappa shape index (κ1) is 28.2. The van der Waals surface area contributed by atoms with E-state index in [1.165, 1.54) is 5.56 Å². The van der Waals surface area contributed by atoms with Crippen LogP contribution in [-0.2, 0) is 16.6 Å². The summed E-state index contributed by atoms with van der Waals surface area (Å²) in [6.45, 7) is 10.9. The van der Waals surface area contributed by atoms with Crippen molar-refractivity contribution in [3.63, 3.8) is 0 Å². The fourth-order valence-electron chi connectivity index (χ4n) is 4.17. The fraction of sp³-hybridized carbons (Fsp3) is 0.273. The average molecular weight is 538 g/mol. The summed E-state index contributed by atoms with van der Waals surface area (Å²) < 4.78 is 0. The lowest BCUT2D eigenvalue weighted by atomic mass is 9.86. The minimum Gasteiger partial charge on any atom is -0.342 e. The Hall–Kier alpha value is -3.77. The van der Waals surface area contributed by atoms with Crippen LogP contribution in [-0.4, -0.2) is 33.5 Å². The van der Waals surface area contributed by atoms with Crippen LogP contribution in [0.25, 0.3) is 22.5 Å². The van der Waals surface area contributed by atoms with Gasteiger partial charge in [-0.25, -0.2) is 9.97 Å². The minimum absolute atomic E-state index is 0.112. The first-order valence-corrected chi connectivity index (χ1v) is 14.1. The van der Waals surface area contributed by atoms with Gasteiger partial charge in [-0.15, -0.1) is 11.8 Å². The summed E-state index contributed by atoms with van der Waals surface area (Å²) >= 11 is 1.74. The molecule has 0 aliphatic rings. The molecule has 200 valence electrons. The van der Waals surface area contributed by atoms with Gasteiger partial charge in [-0.1, -0.05) is 83.1 Å². The van der Waals surface area contributed by atoms with Crippen LogP contribution in [0.15, 0.2) is 90.1 Å². The number of aromatic nitrogens is 2. The van der Waals surface area contributed by atoms with Gasteiger partial charge in [-0.05, 0) is 52.8 Å². The maximum absolute atomic E-state index is 12.7. The van der Waals surface area contributed by atoms with Crippen molar-refractivity contribution in [2.45, 2.75) is 62.6 Å². The topological polar surface area (TPSA) is 72.0 Å². The molecule has 1 unspecified atom stereocenters. The van der Waals surface area contributed by atoms with Crippen molar-refractivity contribution in [1.29, 1.82) is 0 Å². The summed E-state index contributed by atoms with van der Waals surface area (Å²) in [5, 5.41) is 3.30. The van der Waals surface area contributed by atoms with E-state index in [0.29, 0.717) is 23.1 Å². The van der Waals surface area contributed by atoms with Gasteiger partial charge in [0.05, 0.1) is 6.04 Å². The molecule has 1 aromatic heterocycles. The molecule has 0 aliphatic heterocycles. The Labute approximate surface area is 235 Å². The summed E-state index contributed by atoms with van der Waals surface area (Å²) in [5.41, 5.74) is 5.81. The molecule has 4 rings (SSSR count).